The second-order valence-corrected chi connectivity index (χ2v) is 9.44. The lowest BCUT2D eigenvalue weighted by Crippen LogP contribution is -2.53. The number of nitrogens with one attached hydrogen (secondary N) is 2. The first-order valence-electron chi connectivity index (χ1n) is 11.6. The second kappa shape index (κ2) is 8.06. The molecule has 0 aromatic heterocycles. The van der Waals surface area contributed by atoms with Crippen molar-refractivity contribution < 1.29 is 24.3 Å². The lowest BCUT2D eigenvalue weighted by Gasteiger charge is -2.29. The summed E-state index contributed by atoms with van der Waals surface area (Å²) < 4.78 is 0. The molecule has 2 saturated heterocycles. The minimum absolute atomic E-state index is 0.150. The van der Waals surface area contributed by atoms with Crippen LogP contribution in [0.25, 0.3) is 0 Å². The summed E-state index contributed by atoms with van der Waals surface area (Å²) in [7, 11) is 0. The third-order valence-electron chi connectivity index (χ3n) is 7.65. The van der Waals surface area contributed by atoms with Gasteiger partial charge in [-0.2, -0.15) is 0 Å². The molecule has 0 aliphatic carbocycles. The van der Waals surface area contributed by atoms with Crippen LogP contribution in [0.1, 0.15) is 35.1 Å². The Morgan fingerprint density at radius 1 is 1.06 bits per heavy atom. The summed E-state index contributed by atoms with van der Waals surface area (Å²) in [5.74, 6) is -3.78. The van der Waals surface area contributed by atoms with Crippen molar-refractivity contribution in [2.45, 2.75) is 44.7 Å². The van der Waals surface area contributed by atoms with Crippen LogP contribution in [0, 0.1) is 25.7 Å². The van der Waals surface area contributed by atoms with Crippen molar-refractivity contribution in [3.05, 3.63) is 64.7 Å². The number of nitrogens with zero attached hydrogens (tertiary/aromatic N) is 1. The molecule has 0 bridgehead atoms. The fourth-order valence-corrected chi connectivity index (χ4v) is 5.81. The van der Waals surface area contributed by atoms with E-state index in [2.05, 4.69) is 10.6 Å². The quantitative estimate of drug-likeness (QED) is 0.568. The number of carboxylic acids is 1. The Morgan fingerprint density at radius 3 is 2.50 bits per heavy atom. The zero-order valence-corrected chi connectivity index (χ0v) is 19.1. The van der Waals surface area contributed by atoms with Gasteiger partial charge in [-0.1, -0.05) is 42.5 Å². The molecule has 5 rings (SSSR count). The molecule has 8 heteroatoms. The minimum Gasteiger partial charge on any atom is -0.481 e. The number of anilines is 1. The summed E-state index contributed by atoms with van der Waals surface area (Å²) in [6.45, 7) is 4.08. The highest BCUT2D eigenvalue weighted by atomic mass is 16.4. The van der Waals surface area contributed by atoms with Crippen LogP contribution in [0.5, 0.6) is 0 Å². The first-order valence-corrected chi connectivity index (χ1v) is 11.6. The summed E-state index contributed by atoms with van der Waals surface area (Å²) >= 11 is 0. The molecule has 4 atom stereocenters. The highest BCUT2D eigenvalue weighted by molar-refractivity contribution is 6.15. The molecule has 3 heterocycles. The molecule has 2 fully saturated rings. The van der Waals surface area contributed by atoms with Crippen molar-refractivity contribution in [1.82, 2.24) is 10.2 Å². The number of amides is 3. The second-order valence-electron chi connectivity index (χ2n) is 9.44. The SMILES string of the molecule is Cc1ccc2c(c1C)NC(=O)[C@]21N[C@@H](CCC(=O)O)[C@H]2C(=O)N(CCc3ccccc3)C(=O)[C@H]21. The molecule has 3 aliphatic heterocycles. The Labute approximate surface area is 197 Å². The summed E-state index contributed by atoms with van der Waals surface area (Å²) in [4.78, 5) is 53.4. The first-order chi connectivity index (χ1) is 16.3. The largest absolute Gasteiger partial charge is 0.481 e. The molecule has 2 aromatic carbocycles. The smallest absolute Gasteiger partial charge is 0.303 e. The van der Waals surface area contributed by atoms with Crippen molar-refractivity contribution in [2.24, 2.45) is 11.8 Å². The average molecular weight is 462 g/mol. The molecule has 8 nitrogen and oxygen atoms in total. The molecule has 34 heavy (non-hydrogen) atoms. The van der Waals surface area contributed by atoms with Gasteiger partial charge in [-0.15, -0.1) is 0 Å². The molecular formula is C26H27N3O5. The van der Waals surface area contributed by atoms with E-state index < -0.39 is 29.4 Å². The van der Waals surface area contributed by atoms with E-state index in [4.69, 9.17) is 0 Å². The number of carbonyl (C=O) groups excluding carboxylic acids is 3. The van der Waals surface area contributed by atoms with Gasteiger partial charge in [-0.25, -0.2) is 0 Å². The van der Waals surface area contributed by atoms with Gasteiger partial charge < -0.3 is 10.4 Å². The third-order valence-corrected chi connectivity index (χ3v) is 7.65. The first kappa shape index (κ1) is 22.3. The van der Waals surface area contributed by atoms with Gasteiger partial charge in [-0.05, 0) is 43.4 Å². The molecule has 3 aliphatic rings. The number of aryl methyl sites for hydroxylation is 1. The number of aliphatic carboxylic acids is 1. The molecular weight excluding hydrogens is 434 g/mol. The van der Waals surface area contributed by atoms with Crippen molar-refractivity contribution in [3.8, 4) is 0 Å². The van der Waals surface area contributed by atoms with Gasteiger partial charge >= 0.3 is 5.97 Å². The number of imide groups is 1. The zero-order valence-electron chi connectivity index (χ0n) is 19.1. The Kier molecular flexibility index (Phi) is 5.28. The Bertz CT molecular complexity index is 1210. The summed E-state index contributed by atoms with van der Waals surface area (Å²) in [5, 5.41) is 15.5. The highest BCUT2D eigenvalue weighted by Crippen LogP contribution is 2.54. The number of hydrogen-bond donors (Lipinski definition) is 3. The topological polar surface area (TPSA) is 116 Å². The monoisotopic (exact) mass is 461 g/mol. The average Bonchev–Trinajstić information content (AvgIpc) is 3.39. The van der Waals surface area contributed by atoms with Crippen molar-refractivity contribution in [3.63, 3.8) is 0 Å². The van der Waals surface area contributed by atoms with Gasteiger partial charge in [0.05, 0.1) is 11.8 Å². The number of carboxylic acid groups (broad SMARTS) is 1. The number of benzene rings is 2. The van der Waals surface area contributed by atoms with Crippen LogP contribution in [0.4, 0.5) is 5.69 Å². The van der Waals surface area contributed by atoms with E-state index in [0.717, 1.165) is 16.7 Å². The van der Waals surface area contributed by atoms with E-state index in [0.29, 0.717) is 17.7 Å². The molecule has 3 N–H and O–H groups in total. The predicted molar refractivity (Wildman–Crippen MR) is 124 cm³/mol. The number of carbonyl (C=O) groups is 4. The lowest BCUT2D eigenvalue weighted by atomic mass is 9.76. The number of fused-ring (bicyclic) bond motifs is 4. The normalized spacial score (nSPS) is 27.3. The van der Waals surface area contributed by atoms with Crippen LogP contribution in [-0.4, -0.2) is 46.3 Å². The molecule has 176 valence electrons. The summed E-state index contributed by atoms with van der Waals surface area (Å²) in [5.41, 5.74) is 2.85. The lowest BCUT2D eigenvalue weighted by molar-refractivity contribution is -0.143. The summed E-state index contributed by atoms with van der Waals surface area (Å²) in [6, 6.07) is 12.7. The summed E-state index contributed by atoms with van der Waals surface area (Å²) in [6.07, 6.45) is 0.500. The third kappa shape index (κ3) is 3.16. The van der Waals surface area contributed by atoms with Crippen LogP contribution in [0.15, 0.2) is 42.5 Å². The maximum Gasteiger partial charge on any atom is 0.303 e. The van der Waals surface area contributed by atoms with Gasteiger partial charge in [0.15, 0.2) is 0 Å². The van der Waals surface area contributed by atoms with Crippen LogP contribution in [0.2, 0.25) is 0 Å². The molecule has 2 aromatic rings. The van der Waals surface area contributed by atoms with E-state index in [1.807, 2.05) is 56.3 Å². The van der Waals surface area contributed by atoms with E-state index >= 15 is 0 Å². The number of hydrogen-bond acceptors (Lipinski definition) is 5. The minimum atomic E-state index is -1.39. The maximum absolute atomic E-state index is 13.7. The Hall–Kier alpha value is -3.52. The maximum atomic E-state index is 13.7. The van der Waals surface area contributed by atoms with E-state index in [1.165, 1.54) is 4.90 Å². The van der Waals surface area contributed by atoms with Gasteiger partial charge in [0, 0.05) is 30.3 Å². The van der Waals surface area contributed by atoms with Crippen molar-refractivity contribution >= 4 is 29.4 Å². The van der Waals surface area contributed by atoms with E-state index in [9.17, 15) is 24.3 Å². The van der Waals surface area contributed by atoms with Gasteiger partial charge in [0.25, 0.3) is 0 Å². The Morgan fingerprint density at radius 2 is 1.79 bits per heavy atom. The van der Waals surface area contributed by atoms with Crippen LogP contribution in [-0.2, 0) is 31.1 Å². The number of rotatable bonds is 6. The fourth-order valence-electron chi connectivity index (χ4n) is 5.81. The predicted octanol–water partition coefficient (Wildman–Crippen LogP) is 2.13. The molecule has 0 radical (unpaired) electrons. The van der Waals surface area contributed by atoms with Gasteiger partial charge in [0.1, 0.15) is 5.54 Å². The highest BCUT2D eigenvalue weighted by Gasteiger charge is 2.70. The molecule has 0 unspecified atom stereocenters. The van der Waals surface area contributed by atoms with E-state index in [1.54, 1.807) is 0 Å². The van der Waals surface area contributed by atoms with Crippen molar-refractivity contribution in [2.75, 3.05) is 11.9 Å². The van der Waals surface area contributed by atoms with Crippen LogP contribution in [0.3, 0.4) is 0 Å². The standard InChI is InChI=1S/C26H27N3O5/c1-14-8-9-17-22(15(14)2)27-25(34)26(17)21-20(18(28-26)10-11-19(30)31)23(32)29(24(21)33)13-12-16-6-4-3-5-7-16/h3-9,18,20-21,28H,10-13H2,1-2H3,(H,27,34)(H,30,31)/t18-,20+,21-,26-/m0/s1. The number of likely N-dealkylation sites (tertiary alicyclic amines) is 1. The van der Waals surface area contributed by atoms with Crippen LogP contribution < -0.4 is 10.6 Å². The zero-order chi connectivity index (χ0) is 24.2. The van der Waals surface area contributed by atoms with Crippen LogP contribution >= 0.6 is 0 Å². The van der Waals surface area contributed by atoms with Crippen molar-refractivity contribution in [1.29, 1.82) is 0 Å². The van der Waals surface area contributed by atoms with Gasteiger partial charge in [0.2, 0.25) is 17.7 Å². The molecule has 1 spiro atoms. The molecule has 3 amide bonds. The molecule has 0 saturated carbocycles. The van der Waals surface area contributed by atoms with E-state index in [-0.39, 0.29) is 37.1 Å². The van der Waals surface area contributed by atoms with Gasteiger partial charge in [-0.3, -0.25) is 29.4 Å². The Balaban J connectivity index is 1.55. The fraction of sp³-hybridized carbons (Fsp3) is 0.385.